The smallest absolute Gasteiger partial charge is 0.00720 e. The first-order valence-corrected chi connectivity index (χ1v) is 4.16. The zero-order valence-corrected chi connectivity index (χ0v) is 7.20. The summed E-state index contributed by atoms with van der Waals surface area (Å²) >= 11 is 4.19. The van der Waals surface area contributed by atoms with E-state index in [1.807, 2.05) is 0 Å². The lowest BCUT2D eigenvalue weighted by atomic mass is 10.1. The first kappa shape index (κ1) is 9.09. The molecule has 0 spiro atoms. The molecule has 9 heavy (non-hydrogen) atoms. The van der Waals surface area contributed by atoms with Crippen LogP contribution in [0.1, 0.15) is 26.7 Å². The van der Waals surface area contributed by atoms with Crippen LogP contribution in [0.25, 0.3) is 0 Å². The van der Waals surface area contributed by atoms with Crippen molar-refractivity contribution in [1.29, 1.82) is 0 Å². The van der Waals surface area contributed by atoms with Gasteiger partial charge in [-0.1, -0.05) is 19.1 Å². The van der Waals surface area contributed by atoms with Gasteiger partial charge in [-0.25, -0.2) is 0 Å². The molecule has 0 fully saturated rings. The van der Waals surface area contributed by atoms with E-state index in [2.05, 4.69) is 38.6 Å². The van der Waals surface area contributed by atoms with E-state index in [0.29, 0.717) is 0 Å². The molecule has 0 amide bonds. The maximum absolute atomic E-state index is 4.19. The Hall–Kier alpha value is 0.0900. The molecule has 0 bridgehead atoms. The van der Waals surface area contributed by atoms with Gasteiger partial charge >= 0.3 is 0 Å². The largest absolute Gasteiger partial charge is 0.179 e. The first-order chi connectivity index (χ1) is 4.31. The van der Waals surface area contributed by atoms with Crippen LogP contribution in [-0.2, 0) is 0 Å². The fraction of sp³-hybridized carbons (Fsp3) is 0.750. The second kappa shape index (κ2) is 6.21. The molecule has 1 unspecified atom stereocenters. The summed E-state index contributed by atoms with van der Waals surface area (Å²) in [7, 11) is 0. The highest BCUT2D eigenvalue weighted by Gasteiger charge is 1.94. The molecular formula is C8H16S. The van der Waals surface area contributed by atoms with E-state index in [9.17, 15) is 0 Å². The van der Waals surface area contributed by atoms with Crippen molar-refractivity contribution in [3.63, 3.8) is 0 Å². The van der Waals surface area contributed by atoms with Crippen LogP contribution in [0.15, 0.2) is 12.2 Å². The Morgan fingerprint density at radius 3 is 2.67 bits per heavy atom. The first-order valence-electron chi connectivity index (χ1n) is 3.53. The fourth-order valence-electron chi connectivity index (χ4n) is 0.639. The molecule has 0 N–H and O–H groups in total. The number of allylic oxidation sites excluding steroid dienone is 2. The summed E-state index contributed by atoms with van der Waals surface area (Å²) in [6.45, 7) is 4.29. The van der Waals surface area contributed by atoms with Gasteiger partial charge in [-0.15, -0.1) is 0 Å². The molecule has 0 rings (SSSR count). The van der Waals surface area contributed by atoms with Gasteiger partial charge in [-0.2, -0.15) is 12.6 Å². The molecule has 0 aliphatic rings. The van der Waals surface area contributed by atoms with Gasteiger partial charge in [0, 0.05) is 0 Å². The standard InChI is InChI=1S/C8H16S/c1-3-4-5-6-8(2)7-9/h3-4,8-9H,5-7H2,1-2H3. The number of hydrogen-bond acceptors (Lipinski definition) is 1. The highest BCUT2D eigenvalue weighted by Crippen LogP contribution is 2.06. The minimum absolute atomic E-state index is 0.768. The minimum atomic E-state index is 0.768. The average Bonchev–Trinajstić information content (AvgIpc) is 1.89. The van der Waals surface area contributed by atoms with Crippen molar-refractivity contribution in [2.45, 2.75) is 26.7 Å². The van der Waals surface area contributed by atoms with Crippen molar-refractivity contribution in [2.75, 3.05) is 5.75 Å². The molecule has 0 saturated heterocycles. The SMILES string of the molecule is CC=CCCC(C)CS. The van der Waals surface area contributed by atoms with E-state index in [4.69, 9.17) is 0 Å². The Kier molecular flexibility index (Phi) is 6.28. The molecular weight excluding hydrogens is 128 g/mol. The Morgan fingerprint density at radius 1 is 1.56 bits per heavy atom. The molecule has 1 heteroatoms. The van der Waals surface area contributed by atoms with Crippen LogP contribution >= 0.6 is 12.6 Å². The topological polar surface area (TPSA) is 0 Å². The predicted octanol–water partition coefficient (Wildman–Crippen LogP) is 2.91. The summed E-state index contributed by atoms with van der Waals surface area (Å²) in [5.74, 6) is 1.78. The molecule has 0 aliphatic heterocycles. The van der Waals surface area contributed by atoms with Crippen LogP contribution in [0.2, 0.25) is 0 Å². The van der Waals surface area contributed by atoms with E-state index in [1.54, 1.807) is 0 Å². The fourth-order valence-corrected chi connectivity index (χ4v) is 0.821. The quantitative estimate of drug-likeness (QED) is 0.455. The summed E-state index contributed by atoms with van der Waals surface area (Å²) in [4.78, 5) is 0. The Bertz CT molecular complexity index is 76.6. The molecule has 0 aliphatic carbocycles. The van der Waals surface area contributed by atoms with E-state index in [0.717, 1.165) is 11.7 Å². The van der Waals surface area contributed by atoms with E-state index in [-0.39, 0.29) is 0 Å². The van der Waals surface area contributed by atoms with Crippen molar-refractivity contribution in [3.05, 3.63) is 12.2 Å². The van der Waals surface area contributed by atoms with E-state index in [1.165, 1.54) is 12.8 Å². The molecule has 0 radical (unpaired) electrons. The van der Waals surface area contributed by atoms with Crippen LogP contribution in [0.4, 0.5) is 0 Å². The lowest BCUT2D eigenvalue weighted by molar-refractivity contribution is 0.605. The van der Waals surface area contributed by atoms with Crippen molar-refractivity contribution in [3.8, 4) is 0 Å². The average molecular weight is 144 g/mol. The van der Waals surface area contributed by atoms with Crippen LogP contribution in [0, 0.1) is 5.92 Å². The zero-order chi connectivity index (χ0) is 7.11. The van der Waals surface area contributed by atoms with Gasteiger partial charge in [-0.3, -0.25) is 0 Å². The maximum atomic E-state index is 4.19. The van der Waals surface area contributed by atoms with Gasteiger partial charge in [0.1, 0.15) is 0 Å². The van der Waals surface area contributed by atoms with Crippen molar-refractivity contribution < 1.29 is 0 Å². The Balaban J connectivity index is 3.06. The van der Waals surface area contributed by atoms with Crippen LogP contribution in [0.3, 0.4) is 0 Å². The number of rotatable bonds is 4. The van der Waals surface area contributed by atoms with Gasteiger partial charge in [0.2, 0.25) is 0 Å². The summed E-state index contributed by atoms with van der Waals surface area (Å²) in [6.07, 6.45) is 6.79. The highest BCUT2D eigenvalue weighted by molar-refractivity contribution is 7.80. The van der Waals surface area contributed by atoms with Gasteiger partial charge in [0.05, 0.1) is 0 Å². The molecule has 54 valence electrons. The summed E-state index contributed by atoms with van der Waals surface area (Å²) in [5, 5.41) is 0. The second-order valence-electron chi connectivity index (χ2n) is 2.43. The predicted molar refractivity (Wildman–Crippen MR) is 47.1 cm³/mol. The van der Waals surface area contributed by atoms with Gasteiger partial charge in [0.15, 0.2) is 0 Å². The normalized spacial score (nSPS) is 14.6. The third kappa shape index (κ3) is 5.97. The molecule has 0 nitrogen and oxygen atoms in total. The van der Waals surface area contributed by atoms with Gasteiger partial charge in [0.25, 0.3) is 0 Å². The number of thiol groups is 1. The van der Waals surface area contributed by atoms with E-state index >= 15 is 0 Å². The van der Waals surface area contributed by atoms with Crippen LogP contribution in [0.5, 0.6) is 0 Å². The molecule has 0 aromatic heterocycles. The molecule has 0 aromatic carbocycles. The summed E-state index contributed by atoms with van der Waals surface area (Å²) in [6, 6.07) is 0. The molecule has 0 aromatic rings. The second-order valence-corrected chi connectivity index (χ2v) is 2.80. The third-order valence-corrected chi connectivity index (χ3v) is 2.00. The van der Waals surface area contributed by atoms with Crippen LogP contribution < -0.4 is 0 Å². The van der Waals surface area contributed by atoms with Gasteiger partial charge < -0.3 is 0 Å². The van der Waals surface area contributed by atoms with E-state index < -0.39 is 0 Å². The lowest BCUT2D eigenvalue weighted by Gasteiger charge is -2.02. The lowest BCUT2D eigenvalue weighted by Crippen LogP contribution is -1.93. The Labute approximate surface area is 63.8 Å². The van der Waals surface area contributed by atoms with Crippen molar-refractivity contribution in [2.24, 2.45) is 5.92 Å². The third-order valence-electron chi connectivity index (χ3n) is 1.37. The maximum Gasteiger partial charge on any atom is -0.00720 e. The minimum Gasteiger partial charge on any atom is -0.179 e. The molecule has 0 heterocycles. The monoisotopic (exact) mass is 144 g/mol. The molecule has 0 saturated carbocycles. The van der Waals surface area contributed by atoms with Crippen LogP contribution in [-0.4, -0.2) is 5.75 Å². The summed E-state index contributed by atoms with van der Waals surface area (Å²) in [5.41, 5.74) is 0. The number of hydrogen-bond donors (Lipinski definition) is 1. The molecule has 1 atom stereocenters. The van der Waals surface area contributed by atoms with Crippen molar-refractivity contribution >= 4 is 12.6 Å². The zero-order valence-electron chi connectivity index (χ0n) is 6.30. The van der Waals surface area contributed by atoms with Gasteiger partial charge in [-0.05, 0) is 31.4 Å². The van der Waals surface area contributed by atoms with Crippen molar-refractivity contribution in [1.82, 2.24) is 0 Å². The summed E-state index contributed by atoms with van der Waals surface area (Å²) < 4.78 is 0. The Morgan fingerprint density at radius 2 is 2.22 bits per heavy atom. The highest BCUT2D eigenvalue weighted by atomic mass is 32.1.